The zero-order chi connectivity index (χ0) is 6.41. The third-order valence-corrected chi connectivity index (χ3v) is 0.928. The summed E-state index contributed by atoms with van der Waals surface area (Å²) in [6, 6.07) is 0. The van der Waals surface area contributed by atoms with Crippen LogP contribution in [0.3, 0.4) is 0 Å². The highest BCUT2D eigenvalue weighted by Crippen LogP contribution is 2.02. The van der Waals surface area contributed by atoms with Gasteiger partial charge in [0.2, 0.25) is 0 Å². The SMILES string of the molecule is CC/C=C/C[C](C)C. The summed E-state index contributed by atoms with van der Waals surface area (Å²) < 4.78 is 0. The van der Waals surface area contributed by atoms with Crippen molar-refractivity contribution in [3.63, 3.8) is 0 Å². The van der Waals surface area contributed by atoms with Crippen LogP contribution in [0.15, 0.2) is 12.2 Å². The van der Waals surface area contributed by atoms with Gasteiger partial charge in [-0.1, -0.05) is 32.9 Å². The highest BCUT2D eigenvalue weighted by molar-refractivity contribution is 4.91. The fourth-order valence-electron chi connectivity index (χ4n) is 0.486. The molecule has 47 valence electrons. The minimum atomic E-state index is 1.15. The summed E-state index contributed by atoms with van der Waals surface area (Å²) in [5, 5.41) is 0. The van der Waals surface area contributed by atoms with E-state index >= 15 is 0 Å². The van der Waals surface area contributed by atoms with Gasteiger partial charge in [-0.3, -0.25) is 0 Å². The van der Waals surface area contributed by atoms with E-state index < -0.39 is 0 Å². The molecular weight excluding hydrogens is 96.1 g/mol. The lowest BCUT2D eigenvalue weighted by molar-refractivity contribution is 0.984. The van der Waals surface area contributed by atoms with Crippen molar-refractivity contribution in [3.8, 4) is 0 Å². The average molecular weight is 111 g/mol. The van der Waals surface area contributed by atoms with E-state index in [1.165, 1.54) is 5.92 Å². The molecular formula is C8H15. The first-order valence-electron chi connectivity index (χ1n) is 3.21. The van der Waals surface area contributed by atoms with E-state index in [-0.39, 0.29) is 0 Å². The maximum atomic E-state index is 2.22. The van der Waals surface area contributed by atoms with E-state index in [0.29, 0.717) is 0 Å². The molecule has 0 aromatic heterocycles. The van der Waals surface area contributed by atoms with Crippen molar-refractivity contribution in [1.82, 2.24) is 0 Å². The highest BCUT2D eigenvalue weighted by atomic mass is 13.9. The van der Waals surface area contributed by atoms with E-state index in [1.54, 1.807) is 0 Å². The predicted octanol–water partition coefficient (Wildman–Crippen LogP) is 2.96. The van der Waals surface area contributed by atoms with Crippen molar-refractivity contribution < 1.29 is 0 Å². The molecule has 0 heterocycles. The van der Waals surface area contributed by atoms with Crippen LogP contribution in [0.25, 0.3) is 0 Å². The van der Waals surface area contributed by atoms with Gasteiger partial charge in [-0.15, -0.1) is 0 Å². The Kier molecular flexibility index (Phi) is 4.73. The first-order valence-corrected chi connectivity index (χ1v) is 3.21. The van der Waals surface area contributed by atoms with Crippen molar-refractivity contribution in [2.45, 2.75) is 33.6 Å². The molecule has 0 aromatic carbocycles. The normalized spacial score (nSPS) is 11.5. The van der Waals surface area contributed by atoms with E-state index in [1.807, 2.05) is 0 Å². The van der Waals surface area contributed by atoms with Gasteiger partial charge >= 0.3 is 0 Å². The van der Waals surface area contributed by atoms with E-state index in [0.717, 1.165) is 12.8 Å². The topological polar surface area (TPSA) is 0 Å². The predicted molar refractivity (Wildman–Crippen MR) is 38.6 cm³/mol. The summed E-state index contributed by atoms with van der Waals surface area (Å²) in [4.78, 5) is 0. The van der Waals surface area contributed by atoms with E-state index in [2.05, 4.69) is 32.9 Å². The minimum Gasteiger partial charge on any atom is -0.0888 e. The van der Waals surface area contributed by atoms with Crippen molar-refractivity contribution >= 4 is 0 Å². The second-order valence-electron chi connectivity index (χ2n) is 2.29. The molecule has 0 aliphatic rings. The van der Waals surface area contributed by atoms with Crippen molar-refractivity contribution in [3.05, 3.63) is 18.1 Å². The Morgan fingerprint density at radius 2 is 1.88 bits per heavy atom. The summed E-state index contributed by atoms with van der Waals surface area (Å²) in [6.07, 6.45) is 6.73. The molecule has 8 heavy (non-hydrogen) atoms. The molecule has 0 atom stereocenters. The number of allylic oxidation sites excluding steroid dienone is 2. The number of hydrogen-bond donors (Lipinski definition) is 0. The fraction of sp³-hybridized carbons (Fsp3) is 0.625. The number of rotatable bonds is 3. The Morgan fingerprint density at radius 1 is 1.25 bits per heavy atom. The summed E-state index contributed by atoms with van der Waals surface area (Å²) in [5.41, 5.74) is 0. The molecule has 0 N–H and O–H groups in total. The molecule has 0 nitrogen and oxygen atoms in total. The van der Waals surface area contributed by atoms with Crippen molar-refractivity contribution in [2.24, 2.45) is 0 Å². The minimum absolute atomic E-state index is 1.15. The van der Waals surface area contributed by atoms with Gasteiger partial charge < -0.3 is 0 Å². The summed E-state index contributed by atoms with van der Waals surface area (Å²) in [5.74, 6) is 1.48. The second-order valence-corrected chi connectivity index (χ2v) is 2.29. The molecule has 1 radical (unpaired) electrons. The maximum Gasteiger partial charge on any atom is -0.0265 e. The van der Waals surface area contributed by atoms with Gasteiger partial charge in [-0.05, 0) is 18.8 Å². The Balaban J connectivity index is 3.03. The maximum absolute atomic E-state index is 2.22. The molecule has 0 aromatic rings. The van der Waals surface area contributed by atoms with Crippen LogP contribution in [0.5, 0.6) is 0 Å². The summed E-state index contributed by atoms with van der Waals surface area (Å²) in [7, 11) is 0. The molecule has 0 amide bonds. The molecule has 0 saturated carbocycles. The van der Waals surface area contributed by atoms with Gasteiger partial charge in [0, 0.05) is 0 Å². The third kappa shape index (κ3) is 5.74. The standard InChI is InChI=1S/C8H15/c1-4-5-6-7-8(2)3/h5-6H,4,7H2,1-3H3/b6-5+. The Morgan fingerprint density at radius 3 is 2.25 bits per heavy atom. The van der Waals surface area contributed by atoms with Crippen LogP contribution in [0.4, 0.5) is 0 Å². The van der Waals surface area contributed by atoms with Crippen LogP contribution < -0.4 is 0 Å². The first kappa shape index (κ1) is 7.74. The van der Waals surface area contributed by atoms with E-state index in [4.69, 9.17) is 0 Å². The van der Waals surface area contributed by atoms with Crippen molar-refractivity contribution in [1.29, 1.82) is 0 Å². The molecule has 0 aliphatic carbocycles. The average Bonchev–Trinajstić information content (AvgIpc) is 1.66. The van der Waals surface area contributed by atoms with Gasteiger partial charge in [0.05, 0.1) is 0 Å². The molecule has 0 rings (SSSR count). The molecule has 0 saturated heterocycles. The van der Waals surface area contributed by atoms with Gasteiger partial charge in [-0.2, -0.15) is 0 Å². The fourth-order valence-corrected chi connectivity index (χ4v) is 0.486. The second kappa shape index (κ2) is 4.89. The molecule has 0 bridgehead atoms. The summed E-state index contributed by atoms with van der Waals surface area (Å²) in [6.45, 7) is 6.46. The van der Waals surface area contributed by atoms with Gasteiger partial charge in [0.25, 0.3) is 0 Å². The van der Waals surface area contributed by atoms with Crippen LogP contribution in [-0.2, 0) is 0 Å². The Hall–Kier alpha value is -0.260. The van der Waals surface area contributed by atoms with Crippen LogP contribution in [0.1, 0.15) is 33.6 Å². The van der Waals surface area contributed by atoms with Gasteiger partial charge in [0.15, 0.2) is 0 Å². The lowest BCUT2D eigenvalue weighted by Gasteiger charge is -1.93. The van der Waals surface area contributed by atoms with Crippen LogP contribution in [0.2, 0.25) is 0 Å². The van der Waals surface area contributed by atoms with Crippen molar-refractivity contribution in [2.75, 3.05) is 0 Å². The van der Waals surface area contributed by atoms with Crippen LogP contribution in [0, 0.1) is 5.92 Å². The van der Waals surface area contributed by atoms with Gasteiger partial charge in [-0.25, -0.2) is 0 Å². The van der Waals surface area contributed by atoms with Gasteiger partial charge in [0.1, 0.15) is 0 Å². The Bertz CT molecular complexity index is 60.4. The quantitative estimate of drug-likeness (QED) is 0.491. The van der Waals surface area contributed by atoms with E-state index in [9.17, 15) is 0 Å². The molecule has 0 spiro atoms. The highest BCUT2D eigenvalue weighted by Gasteiger charge is 1.85. The third-order valence-electron chi connectivity index (χ3n) is 0.928. The smallest absolute Gasteiger partial charge is 0.0265 e. The molecule has 0 aliphatic heterocycles. The summed E-state index contributed by atoms with van der Waals surface area (Å²) >= 11 is 0. The number of hydrogen-bond acceptors (Lipinski definition) is 0. The lowest BCUT2D eigenvalue weighted by Crippen LogP contribution is -1.77. The molecule has 0 unspecified atom stereocenters. The first-order chi connectivity index (χ1) is 3.77. The van der Waals surface area contributed by atoms with Crippen LogP contribution >= 0.6 is 0 Å². The monoisotopic (exact) mass is 111 g/mol. The zero-order valence-corrected chi connectivity index (χ0v) is 6.07. The zero-order valence-electron chi connectivity index (χ0n) is 6.07. The molecule has 0 heteroatoms. The Labute approximate surface area is 52.6 Å². The largest absolute Gasteiger partial charge is 0.0888 e. The lowest BCUT2D eigenvalue weighted by atomic mass is 10.1. The van der Waals surface area contributed by atoms with Crippen LogP contribution in [-0.4, -0.2) is 0 Å². The molecule has 0 fully saturated rings.